The highest BCUT2D eigenvalue weighted by atomic mass is 16.6. The molecule has 0 amide bonds. The van der Waals surface area contributed by atoms with Crippen LogP contribution in [0.1, 0.15) is 64.4 Å². The molecule has 0 bridgehead atoms. The Morgan fingerprint density at radius 3 is 2.41 bits per heavy atom. The molecule has 0 saturated heterocycles. The van der Waals surface area contributed by atoms with E-state index in [2.05, 4.69) is 18.9 Å². The maximum Gasteiger partial charge on any atom is 0.180 e. The number of aliphatic hydroxyl groups is 1. The van der Waals surface area contributed by atoms with Crippen LogP contribution in [0, 0.1) is 0 Å². The number of hydrogen-bond acceptors (Lipinski definition) is 5. The zero-order chi connectivity index (χ0) is 16.4. The van der Waals surface area contributed by atoms with Gasteiger partial charge in [-0.1, -0.05) is 51.3 Å². The first-order chi connectivity index (χ1) is 10.5. The van der Waals surface area contributed by atoms with Crippen molar-refractivity contribution in [1.82, 2.24) is 5.17 Å². The lowest BCUT2D eigenvalue weighted by atomic mass is 9.99. The van der Waals surface area contributed by atoms with Crippen molar-refractivity contribution in [3.8, 4) is 0 Å². The van der Waals surface area contributed by atoms with Crippen LogP contribution in [-0.2, 0) is 0 Å². The highest BCUT2D eigenvalue weighted by molar-refractivity contribution is 5.86. The molecule has 0 fully saturated rings. The van der Waals surface area contributed by atoms with Crippen LogP contribution in [0.25, 0.3) is 0 Å². The summed E-state index contributed by atoms with van der Waals surface area (Å²) in [6, 6.07) is 7.28. The van der Waals surface area contributed by atoms with Gasteiger partial charge in [0.2, 0.25) is 0 Å². The summed E-state index contributed by atoms with van der Waals surface area (Å²) in [6.45, 7) is 4.17. The normalized spacial score (nSPS) is 14.2. The van der Waals surface area contributed by atoms with Crippen LogP contribution in [0.2, 0.25) is 0 Å². The minimum absolute atomic E-state index is 0.491. The standard InChI is InChI=1S/C17H29N3O2/c1-3-5-9-13-17(21,12-6-4-2)20(22)19-14-15-10-7-8-11-16(15)18/h7-8,10-11,14,21-22H,3-6,9,12-13,18H2,1-2H3. The summed E-state index contributed by atoms with van der Waals surface area (Å²) in [7, 11) is 0. The molecule has 0 heterocycles. The topological polar surface area (TPSA) is 82.1 Å². The molecule has 0 aliphatic carbocycles. The first-order valence-corrected chi connectivity index (χ1v) is 8.13. The number of hydrazone groups is 1. The summed E-state index contributed by atoms with van der Waals surface area (Å²) in [6.07, 6.45) is 7.21. The first-order valence-electron chi connectivity index (χ1n) is 8.13. The summed E-state index contributed by atoms with van der Waals surface area (Å²) < 4.78 is 0. The van der Waals surface area contributed by atoms with E-state index in [4.69, 9.17) is 5.73 Å². The van der Waals surface area contributed by atoms with Crippen molar-refractivity contribution >= 4 is 11.9 Å². The lowest BCUT2D eigenvalue weighted by Gasteiger charge is -2.33. The Morgan fingerprint density at radius 2 is 1.77 bits per heavy atom. The number of benzene rings is 1. The molecule has 1 aromatic rings. The fraction of sp³-hybridized carbons (Fsp3) is 0.588. The Morgan fingerprint density at radius 1 is 1.14 bits per heavy atom. The van der Waals surface area contributed by atoms with Gasteiger partial charge in [0.25, 0.3) is 0 Å². The number of nitrogens with two attached hydrogens (primary N) is 1. The number of nitrogens with zero attached hydrogens (tertiary/aromatic N) is 2. The second-order valence-corrected chi connectivity index (χ2v) is 5.71. The van der Waals surface area contributed by atoms with Crippen LogP contribution in [0.15, 0.2) is 29.4 Å². The smallest absolute Gasteiger partial charge is 0.180 e. The van der Waals surface area contributed by atoms with E-state index in [1.54, 1.807) is 6.07 Å². The van der Waals surface area contributed by atoms with Crippen molar-refractivity contribution in [3.63, 3.8) is 0 Å². The lowest BCUT2D eigenvalue weighted by molar-refractivity contribution is -0.269. The molecule has 22 heavy (non-hydrogen) atoms. The van der Waals surface area contributed by atoms with Gasteiger partial charge in [-0.3, -0.25) is 5.21 Å². The second-order valence-electron chi connectivity index (χ2n) is 5.71. The second kappa shape index (κ2) is 9.43. The van der Waals surface area contributed by atoms with Crippen LogP contribution in [0.4, 0.5) is 5.69 Å². The molecule has 1 aromatic carbocycles. The molecule has 5 nitrogen and oxygen atoms in total. The molecule has 0 aliphatic heterocycles. The highest BCUT2D eigenvalue weighted by Crippen LogP contribution is 2.25. The molecule has 1 rings (SSSR count). The number of hydroxylamine groups is 1. The zero-order valence-corrected chi connectivity index (χ0v) is 13.7. The first kappa shape index (κ1) is 18.5. The Labute approximate surface area is 133 Å². The van der Waals surface area contributed by atoms with E-state index in [0.717, 1.165) is 32.1 Å². The molecule has 0 saturated carbocycles. The number of para-hydroxylation sites is 1. The molecule has 1 atom stereocenters. The quantitative estimate of drug-likeness (QED) is 0.202. The summed E-state index contributed by atoms with van der Waals surface area (Å²) in [5.74, 6) is 0. The lowest BCUT2D eigenvalue weighted by Crippen LogP contribution is -2.44. The van der Waals surface area contributed by atoms with E-state index >= 15 is 0 Å². The Hall–Kier alpha value is -1.59. The van der Waals surface area contributed by atoms with Crippen LogP contribution >= 0.6 is 0 Å². The number of hydrogen-bond donors (Lipinski definition) is 3. The van der Waals surface area contributed by atoms with Gasteiger partial charge in [-0.05, 0) is 31.7 Å². The Balaban J connectivity index is 2.77. The van der Waals surface area contributed by atoms with E-state index in [-0.39, 0.29) is 0 Å². The van der Waals surface area contributed by atoms with Crippen molar-refractivity contribution in [2.45, 2.75) is 64.5 Å². The maximum atomic E-state index is 10.7. The van der Waals surface area contributed by atoms with Crippen molar-refractivity contribution in [3.05, 3.63) is 29.8 Å². The predicted octanol–water partition coefficient (Wildman–Crippen LogP) is 3.75. The van der Waals surface area contributed by atoms with Gasteiger partial charge in [-0.15, -0.1) is 5.17 Å². The van der Waals surface area contributed by atoms with Gasteiger partial charge in [0.05, 0.1) is 6.21 Å². The molecular formula is C17H29N3O2. The minimum atomic E-state index is -1.31. The van der Waals surface area contributed by atoms with E-state index in [1.165, 1.54) is 6.21 Å². The SMILES string of the molecule is CCCCCC(O)(CCCC)N(O)N=Cc1ccccc1N. The minimum Gasteiger partial charge on any atom is -0.398 e. The zero-order valence-electron chi connectivity index (χ0n) is 13.7. The molecule has 0 spiro atoms. The van der Waals surface area contributed by atoms with Crippen molar-refractivity contribution in [2.24, 2.45) is 5.10 Å². The van der Waals surface area contributed by atoms with Crippen LogP contribution in [0.5, 0.6) is 0 Å². The molecular weight excluding hydrogens is 278 g/mol. The predicted molar refractivity (Wildman–Crippen MR) is 90.7 cm³/mol. The molecule has 5 heteroatoms. The van der Waals surface area contributed by atoms with Crippen molar-refractivity contribution in [2.75, 3.05) is 5.73 Å². The molecule has 0 aliphatic rings. The van der Waals surface area contributed by atoms with Gasteiger partial charge in [-0.2, -0.15) is 5.10 Å². The number of anilines is 1. The molecule has 0 radical (unpaired) electrons. The largest absolute Gasteiger partial charge is 0.398 e. The number of rotatable bonds is 10. The van der Waals surface area contributed by atoms with E-state index in [0.29, 0.717) is 29.3 Å². The van der Waals surface area contributed by atoms with Gasteiger partial charge in [0.1, 0.15) is 0 Å². The number of unbranched alkanes of at least 4 members (excludes halogenated alkanes) is 3. The van der Waals surface area contributed by atoms with Gasteiger partial charge in [0.15, 0.2) is 5.72 Å². The Kier molecular flexibility index (Phi) is 7.91. The third kappa shape index (κ3) is 5.66. The third-order valence-corrected chi connectivity index (χ3v) is 3.79. The third-order valence-electron chi connectivity index (χ3n) is 3.79. The van der Waals surface area contributed by atoms with Gasteiger partial charge in [-0.25, -0.2) is 0 Å². The van der Waals surface area contributed by atoms with Crippen LogP contribution in [-0.4, -0.2) is 27.4 Å². The molecule has 124 valence electrons. The molecule has 4 N–H and O–H groups in total. The highest BCUT2D eigenvalue weighted by Gasteiger charge is 2.32. The average molecular weight is 307 g/mol. The van der Waals surface area contributed by atoms with Crippen molar-refractivity contribution < 1.29 is 10.3 Å². The summed E-state index contributed by atoms with van der Waals surface area (Å²) in [5.41, 5.74) is 5.83. The van der Waals surface area contributed by atoms with Crippen molar-refractivity contribution in [1.29, 1.82) is 0 Å². The molecule has 0 aromatic heterocycles. The summed E-state index contributed by atoms with van der Waals surface area (Å²) in [4.78, 5) is 0. The van der Waals surface area contributed by atoms with Gasteiger partial charge in [0, 0.05) is 11.3 Å². The van der Waals surface area contributed by atoms with Crippen LogP contribution in [0.3, 0.4) is 0 Å². The average Bonchev–Trinajstić information content (AvgIpc) is 2.52. The van der Waals surface area contributed by atoms with E-state index in [1.807, 2.05) is 18.2 Å². The van der Waals surface area contributed by atoms with Gasteiger partial charge < -0.3 is 10.8 Å². The Bertz CT molecular complexity index is 465. The van der Waals surface area contributed by atoms with Gasteiger partial charge >= 0.3 is 0 Å². The van der Waals surface area contributed by atoms with E-state index < -0.39 is 5.72 Å². The maximum absolute atomic E-state index is 10.7. The summed E-state index contributed by atoms with van der Waals surface area (Å²) in [5, 5.41) is 25.6. The fourth-order valence-electron chi connectivity index (χ4n) is 2.30. The fourth-order valence-corrected chi connectivity index (χ4v) is 2.30. The monoisotopic (exact) mass is 307 g/mol. The molecule has 1 unspecified atom stereocenters. The van der Waals surface area contributed by atoms with E-state index in [9.17, 15) is 10.3 Å². The van der Waals surface area contributed by atoms with Crippen LogP contribution < -0.4 is 5.73 Å². The number of nitrogen functional groups attached to an aromatic ring is 1. The summed E-state index contributed by atoms with van der Waals surface area (Å²) >= 11 is 0.